The molecule has 2 amide bonds. The van der Waals surface area contributed by atoms with E-state index in [2.05, 4.69) is 5.32 Å². The first kappa shape index (κ1) is 16.7. The highest BCUT2D eigenvalue weighted by molar-refractivity contribution is 6.33. The molecule has 0 saturated heterocycles. The molecule has 0 aliphatic rings. The zero-order valence-corrected chi connectivity index (χ0v) is 12.1. The molecule has 114 valence electrons. The number of carbonyl (C=O) groups excluding carboxylic acids is 1. The molecular weight excluding hydrogens is 302 g/mol. The van der Waals surface area contributed by atoms with Crippen molar-refractivity contribution in [2.24, 2.45) is 0 Å². The molecule has 0 aromatic heterocycles. The van der Waals surface area contributed by atoms with E-state index in [1.165, 1.54) is 19.2 Å². The van der Waals surface area contributed by atoms with Gasteiger partial charge in [0.1, 0.15) is 6.04 Å². The van der Waals surface area contributed by atoms with Crippen molar-refractivity contribution < 1.29 is 19.6 Å². The van der Waals surface area contributed by atoms with Crippen LogP contribution in [0, 0.1) is 10.1 Å². The van der Waals surface area contributed by atoms with Gasteiger partial charge in [-0.05, 0) is 12.5 Å². The van der Waals surface area contributed by atoms with E-state index in [4.69, 9.17) is 16.7 Å². The van der Waals surface area contributed by atoms with Gasteiger partial charge in [0.2, 0.25) is 0 Å². The second-order valence-electron chi connectivity index (χ2n) is 4.22. The van der Waals surface area contributed by atoms with Gasteiger partial charge in [-0.1, -0.05) is 18.5 Å². The van der Waals surface area contributed by atoms with Gasteiger partial charge in [0.15, 0.2) is 0 Å². The lowest BCUT2D eigenvalue weighted by molar-refractivity contribution is -0.384. The second kappa shape index (κ2) is 6.89. The van der Waals surface area contributed by atoms with Crippen molar-refractivity contribution in [1.29, 1.82) is 0 Å². The number of nitrogens with one attached hydrogen (secondary N) is 1. The van der Waals surface area contributed by atoms with Crippen molar-refractivity contribution >= 4 is 35.0 Å². The van der Waals surface area contributed by atoms with Crippen LogP contribution in [0.3, 0.4) is 0 Å². The van der Waals surface area contributed by atoms with Crippen LogP contribution in [0.5, 0.6) is 0 Å². The van der Waals surface area contributed by atoms with Gasteiger partial charge in [-0.15, -0.1) is 0 Å². The van der Waals surface area contributed by atoms with Gasteiger partial charge >= 0.3 is 12.0 Å². The molecule has 1 aromatic carbocycles. The van der Waals surface area contributed by atoms with E-state index < -0.39 is 23.0 Å². The van der Waals surface area contributed by atoms with Gasteiger partial charge in [0, 0.05) is 19.2 Å². The number of carboxylic acid groups (broad SMARTS) is 1. The lowest BCUT2D eigenvalue weighted by atomic mass is 10.2. The average Bonchev–Trinajstić information content (AvgIpc) is 2.41. The molecule has 0 fully saturated rings. The minimum absolute atomic E-state index is 0.0444. The van der Waals surface area contributed by atoms with Crippen molar-refractivity contribution in [3.8, 4) is 0 Å². The minimum Gasteiger partial charge on any atom is -0.480 e. The number of non-ortho nitro benzene ring substituents is 1. The summed E-state index contributed by atoms with van der Waals surface area (Å²) in [6.07, 6.45) is 0.224. The summed E-state index contributed by atoms with van der Waals surface area (Å²) in [7, 11) is 1.32. The van der Waals surface area contributed by atoms with Crippen molar-refractivity contribution in [1.82, 2.24) is 4.90 Å². The number of hydrogen-bond donors (Lipinski definition) is 2. The van der Waals surface area contributed by atoms with Gasteiger partial charge in [-0.2, -0.15) is 0 Å². The Labute approximate surface area is 125 Å². The predicted octanol–water partition coefficient (Wildman–Crippen LogP) is 2.58. The third-order valence-corrected chi connectivity index (χ3v) is 3.19. The lowest BCUT2D eigenvalue weighted by Crippen LogP contribution is -2.44. The van der Waals surface area contributed by atoms with Crippen molar-refractivity contribution in [2.45, 2.75) is 19.4 Å². The summed E-state index contributed by atoms with van der Waals surface area (Å²) in [5, 5.41) is 22.2. The molecule has 0 spiro atoms. The summed E-state index contributed by atoms with van der Waals surface area (Å²) in [5.74, 6) is -1.14. The largest absolute Gasteiger partial charge is 0.480 e. The molecular formula is C12H14ClN3O5. The zero-order valence-electron chi connectivity index (χ0n) is 11.4. The molecule has 1 unspecified atom stereocenters. The molecule has 21 heavy (non-hydrogen) atoms. The second-order valence-corrected chi connectivity index (χ2v) is 4.63. The number of hydrogen-bond acceptors (Lipinski definition) is 4. The molecule has 0 bridgehead atoms. The monoisotopic (exact) mass is 315 g/mol. The Morgan fingerprint density at radius 2 is 2.14 bits per heavy atom. The number of nitro benzene ring substituents is 1. The molecule has 0 radical (unpaired) electrons. The van der Waals surface area contributed by atoms with Gasteiger partial charge in [-0.25, -0.2) is 9.59 Å². The van der Waals surface area contributed by atoms with Crippen LogP contribution < -0.4 is 5.32 Å². The highest BCUT2D eigenvalue weighted by Crippen LogP contribution is 2.27. The zero-order chi connectivity index (χ0) is 16.2. The topological polar surface area (TPSA) is 113 Å². The number of nitro groups is 1. The number of carbonyl (C=O) groups is 2. The Kier molecular flexibility index (Phi) is 5.48. The predicted molar refractivity (Wildman–Crippen MR) is 76.6 cm³/mol. The number of rotatable bonds is 5. The Balaban J connectivity index is 2.95. The maximum absolute atomic E-state index is 12.0. The first-order valence-electron chi connectivity index (χ1n) is 5.98. The van der Waals surface area contributed by atoms with Crippen molar-refractivity contribution in [2.75, 3.05) is 12.4 Å². The van der Waals surface area contributed by atoms with Gasteiger partial charge in [0.05, 0.1) is 15.6 Å². The lowest BCUT2D eigenvalue weighted by Gasteiger charge is -2.24. The standard InChI is InChI=1S/C12H14ClN3O5/c1-3-10(11(17)18)15(2)12(19)14-9-6-7(16(20)21)4-5-8(9)13/h4-6,10H,3H2,1-2H3,(H,14,19)(H,17,18). The van der Waals surface area contributed by atoms with Crippen LogP contribution in [0.2, 0.25) is 5.02 Å². The summed E-state index contributed by atoms with van der Waals surface area (Å²) >= 11 is 5.85. The maximum atomic E-state index is 12.0. The summed E-state index contributed by atoms with van der Waals surface area (Å²) in [6, 6.07) is 1.88. The number of carboxylic acids is 1. The quantitative estimate of drug-likeness (QED) is 0.640. The minimum atomic E-state index is -1.14. The van der Waals surface area contributed by atoms with E-state index in [0.29, 0.717) is 0 Å². The molecule has 2 N–H and O–H groups in total. The Bertz CT molecular complexity index is 578. The maximum Gasteiger partial charge on any atom is 0.326 e. The summed E-state index contributed by atoms with van der Waals surface area (Å²) in [5.41, 5.74) is -0.189. The van der Waals surface area contributed by atoms with Crippen molar-refractivity contribution in [3.63, 3.8) is 0 Å². The van der Waals surface area contributed by atoms with E-state index >= 15 is 0 Å². The fourth-order valence-corrected chi connectivity index (χ4v) is 1.85. The third kappa shape index (κ3) is 4.06. The first-order valence-corrected chi connectivity index (χ1v) is 6.36. The molecule has 1 rings (SSSR count). The Hall–Kier alpha value is -2.35. The van der Waals surface area contributed by atoms with Crippen LogP contribution >= 0.6 is 11.6 Å². The first-order chi connectivity index (χ1) is 9.77. The molecule has 8 nitrogen and oxygen atoms in total. The van der Waals surface area contributed by atoms with Gasteiger partial charge < -0.3 is 15.3 Å². The molecule has 0 saturated carbocycles. The molecule has 0 heterocycles. The normalized spacial score (nSPS) is 11.6. The molecule has 1 atom stereocenters. The van der Waals surface area contributed by atoms with Crippen LogP contribution in [0.15, 0.2) is 18.2 Å². The van der Waals surface area contributed by atoms with Crippen LogP contribution in [0.25, 0.3) is 0 Å². The summed E-state index contributed by atoms with van der Waals surface area (Å²) in [4.78, 5) is 34.0. The van der Waals surface area contributed by atoms with Crippen LogP contribution in [0.1, 0.15) is 13.3 Å². The number of nitrogens with zero attached hydrogens (tertiary/aromatic N) is 2. The fraction of sp³-hybridized carbons (Fsp3) is 0.333. The number of amides is 2. The average molecular weight is 316 g/mol. The molecule has 1 aromatic rings. The molecule has 9 heteroatoms. The number of urea groups is 1. The van der Waals surface area contributed by atoms with E-state index in [1.54, 1.807) is 6.92 Å². The molecule has 0 aliphatic heterocycles. The number of benzene rings is 1. The number of halogens is 1. The smallest absolute Gasteiger partial charge is 0.326 e. The van der Waals surface area contributed by atoms with E-state index in [1.807, 2.05) is 0 Å². The van der Waals surface area contributed by atoms with E-state index in [-0.39, 0.29) is 22.8 Å². The van der Waals surface area contributed by atoms with E-state index in [0.717, 1.165) is 11.0 Å². The van der Waals surface area contributed by atoms with Gasteiger partial charge in [0.25, 0.3) is 5.69 Å². The number of aliphatic carboxylic acids is 1. The summed E-state index contributed by atoms with van der Waals surface area (Å²) < 4.78 is 0. The number of likely N-dealkylation sites (N-methyl/N-ethyl adjacent to an activating group) is 1. The molecule has 0 aliphatic carbocycles. The van der Waals surface area contributed by atoms with Crippen molar-refractivity contribution in [3.05, 3.63) is 33.3 Å². The fourth-order valence-electron chi connectivity index (χ4n) is 1.68. The van der Waals surface area contributed by atoms with E-state index in [9.17, 15) is 19.7 Å². The third-order valence-electron chi connectivity index (χ3n) is 2.86. The SMILES string of the molecule is CCC(C(=O)O)N(C)C(=O)Nc1cc([N+](=O)[O-])ccc1Cl. The highest BCUT2D eigenvalue weighted by atomic mass is 35.5. The van der Waals surface area contributed by atoms with Crippen LogP contribution in [-0.4, -0.2) is 40.0 Å². The summed E-state index contributed by atoms with van der Waals surface area (Å²) in [6.45, 7) is 1.63. The van der Waals surface area contributed by atoms with Crippen LogP contribution in [0.4, 0.5) is 16.2 Å². The van der Waals surface area contributed by atoms with Gasteiger partial charge in [-0.3, -0.25) is 10.1 Å². The Morgan fingerprint density at radius 1 is 1.52 bits per heavy atom. The Morgan fingerprint density at radius 3 is 2.62 bits per heavy atom. The van der Waals surface area contributed by atoms with Crippen LogP contribution in [-0.2, 0) is 4.79 Å². The number of anilines is 1. The highest BCUT2D eigenvalue weighted by Gasteiger charge is 2.25.